The van der Waals surface area contributed by atoms with Crippen LogP contribution in [0, 0.1) is 0 Å². The van der Waals surface area contributed by atoms with Gasteiger partial charge in [-0.1, -0.05) is 31.5 Å². The minimum absolute atomic E-state index is 0.232. The predicted molar refractivity (Wildman–Crippen MR) is 95.2 cm³/mol. The van der Waals surface area contributed by atoms with Crippen molar-refractivity contribution in [2.24, 2.45) is 0 Å². The Labute approximate surface area is 145 Å². The lowest BCUT2D eigenvalue weighted by Crippen LogP contribution is -2.42. The highest BCUT2D eigenvalue weighted by molar-refractivity contribution is 5.76. The van der Waals surface area contributed by atoms with Gasteiger partial charge in [0.1, 0.15) is 5.75 Å². The Kier molecular flexibility index (Phi) is 8.05. The number of methoxy groups -OCH3 is 1. The van der Waals surface area contributed by atoms with E-state index in [1.165, 1.54) is 0 Å². The average molecular weight is 334 g/mol. The molecule has 0 aromatic heterocycles. The van der Waals surface area contributed by atoms with Crippen molar-refractivity contribution in [3.63, 3.8) is 0 Å². The number of amides is 1. The number of ether oxygens (including phenoxy) is 2. The van der Waals surface area contributed by atoms with Gasteiger partial charge in [-0.15, -0.1) is 0 Å². The molecule has 0 saturated carbocycles. The van der Waals surface area contributed by atoms with E-state index in [0.29, 0.717) is 13.0 Å². The molecule has 1 heterocycles. The number of morpholine rings is 1. The number of benzene rings is 1. The Morgan fingerprint density at radius 1 is 1.29 bits per heavy atom. The maximum absolute atomic E-state index is 12.6. The van der Waals surface area contributed by atoms with E-state index in [2.05, 4.69) is 11.8 Å². The molecule has 0 N–H and O–H groups in total. The Morgan fingerprint density at radius 3 is 2.75 bits per heavy atom. The summed E-state index contributed by atoms with van der Waals surface area (Å²) in [6.45, 7) is 7.85. The van der Waals surface area contributed by atoms with Gasteiger partial charge in [0, 0.05) is 44.7 Å². The lowest BCUT2D eigenvalue weighted by Gasteiger charge is -2.30. The average Bonchev–Trinajstić information content (AvgIpc) is 2.64. The summed E-state index contributed by atoms with van der Waals surface area (Å²) in [5.41, 5.74) is 1.06. The molecule has 1 fully saturated rings. The van der Waals surface area contributed by atoms with Crippen LogP contribution in [-0.2, 0) is 16.1 Å². The molecule has 0 spiro atoms. The summed E-state index contributed by atoms with van der Waals surface area (Å²) >= 11 is 0. The smallest absolute Gasteiger partial charge is 0.222 e. The van der Waals surface area contributed by atoms with Gasteiger partial charge in [0.25, 0.3) is 0 Å². The number of para-hydroxylation sites is 1. The van der Waals surface area contributed by atoms with Gasteiger partial charge < -0.3 is 14.4 Å². The summed E-state index contributed by atoms with van der Waals surface area (Å²) in [6, 6.07) is 7.94. The third-order valence-corrected chi connectivity index (χ3v) is 4.44. The van der Waals surface area contributed by atoms with Crippen LogP contribution in [0.25, 0.3) is 0 Å². The Bertz CT molecular complexity index is 501. The molecule has 1 amide bonds. The summed E-state index contributed by atoms with van der Waals surface area (Å²) < 4.78 is 10.8. The van der Waals surface area contributed by atoms with E-state index in [0.717, 1.165) is 63.5 Å². The van der Waals surface area contributed by atoms with Crippen LogP contribution in [0.3, 0.4) is 0 Å². The van der Waals surface area contributed by atoms with Gasteiger partial charge in [0.2, 0.25) is 5.91 Å². The zero-order valence-corrected chi connectivity index (χ0v) is 15.0. The van der Waals surface area contributed by atoms with Gasteiger partial charge in [-0.25, -0.2) is 0 Å². The minimum Gasteiger partial charge on any atom is -0.496 e. The number of hydrogen-bond acceptors (Lipinski definition) is 4. The van der Waals surface area contributed by atoms with Crippen molar-refractivity contribution in [3.8, 4) is 5.75 Å². The van der Waals surface area contributed by atoms with Crippen LogP contribution in [0.5, 0.6) is 5.75 Å². The van der Waals surface area contributed by atoms with Crippen LogP contribution in [0.15, 0.2) is 24.3 Å². The van der Waals surface area contributed by atoms with Crippen molar-refractivity contribution in [2.45, 2.75) is 32.7 Å². The van der Waals surface area contributed by atoms with E-state index in [9.17, 15) is 4.79 Å². The molecule has 0 bridgehead atoms. The molecule has 134 valence electrons. The summed E-state index contributed by atoms with van der Waals surface area (Å²) in [5, 5.41) is 0. The second kappa shape index (κ2) is 10.3. The van der Waals surface area contributed by atoms with Crippen LogP contribution in [0.2, 0.25) is 0 Å². The topological polar surface area (TPSA) is 42.0 Å². The minimum atomic E-state index is 0.232. The fourth-order valence-electron chi connectivity index (χ4n) is 2.90. The van der Waals surface area contributed by atoms with Gasteiger partial charge in [0.05, 0.1) is 20.3 Å². The van der Waals surface area contributed by atoms with Crippen molar-refractivity contribution in [3.05, 3.63) is 29.8 Å². The predicted octanol–water partition coefficient (Wildman–Crippen LogP) is 2.55. The van der Waals surface area contributed by atoms with Crippen molar-refractivity contribution >= 4 is 5.91 Å². The van der Waals surface area contributed by atoms with Gasteiger partial charge >= 0.3 is 0 Å². The Balaban J connectivity index is 1.99. The highest BCUT2D eigenvalue weighted by atomic mass is 16.5. The first-order valence-corrected chi connectivity index (χ1v) is 8.94. The van der Waals surface area contributed by atoms with E-state index in [-0.39, 0.29) is 5.91 Å². The van der Waals surface area contributed by atoms with Gasteiger partial charge in [-0.3, -0.25) is 9.69 Å². The molecular formula is C19H30N2O3. The quantitative estimate of drug-likeness (QED) is 0.696. The lowest BCUT2D eigenvalue weighted by atomic mass is 10.1. The second-order valence-corrected chi connectivity index (χ2v) is 6.18. The molecule has 0 unspecified atom stereocenters. The third-order valence-electron chi connectivity index (χ3n) is 4.44. The zero-order chi connectivity index (χ0) is 17.2. The van der Waals surface area contributed by atoms with E-state index < -0.39 is 0 Å². The van der Waals surface area contributed by atoms with Crippen molar-refractivity contribution in [1.29, 1.82) is 0 Å². The fourth-order valence-corrected chi connectivity index (χ4v) is 2.90. The van der Waals surface area contributed by atoms with Crippen molar-refractivity contribution < 1.29 is 14.3 Å². The first-order valence-electron chi connectivity index (χ1n) is 8.94. The van der Waals surface area contributed by atoms with Gasteiger partial charge in [0.15, 0.2) is 0 Å². The molecule has 1 aliphatic rings. The van der Waals surface area contributed by atoms with Crippen LogP contribution in [0.1, 0.15) is 31.7 Å². The van der Waals surface area contributed by atoms with Crippen LogP contribution in [0.4, 0.5) is 0 Å². The number of rotatable bonds is 9. The molecule has 5 nitrogen and oxygen atoms in total. The second-order valence-electron chi connectivity index (χ2n) is 6.18. The fraction of sp³-hybridized carbons (Fsp3) is 0.632. The zero-order valence-electron chi connectivity index (χ0n) is 15.0. The number of hydrogen-bond donors (Lipinski definition) is 0. The molecule has 0 radical (unpaired) electrons. The summed E-state index contributed by atoms with van der Waals surface area (Å²) in [4.78, 5) is 17.0. The van der Waals surface area contributed by atoms with E-state index in [1.807, 2.05) is 29.2 Å². The maximum atomic E-state index is 12.6. The Hall–Kier alpha value is -1.59. The molecule has 1 aliphatic heterocycles. The number of unbranched alkanes of at least 4 members (excludes halogenated alkanes) is 1. The van der Waals surface area contributed by atoms with Crippen molar-refractivity contribution in [2.75, 3.05) is 46.5 Å². The largest absolute Gasteiger partial charge is 0.496 e. The molecule has 1 aromatic carbocycles. The maximum Gasteiger partial charge on any atom is 0.222 e. The first-order chi connectivity index (χ1) is 11.7. The molecular weight excluding hydrogens is 304 g/mol. The highest BCUT2D eigenvalue weighted by Gasteiger charge is 2.18. The Morgan fingerprint density at radius 2 is 2.04 bits per heavy atom. The molecule has 2 rings (SSSR count). The van der Waals surface area contributed by atoms with Crippen LogP contribution < -0.4 is 4.74 Å². The highest BCUT2D eigenvalue weighted by Crippen LogP contribution is 2.20. The number of carbonyl (C=O) groups excluding carboxylic acids is 1. The molecule has 1 aromatic rings. The summed E-state index contributed by atoms with van der Waals surface area (Å²) in [5.74, 6) is 1.08. The molecule has 0 aliphatic carbocycles. The third kappa shape index (κ3) is 5.80. The summed E-state index contributed by atoms with van der Waals surface area (Å²) in [6.07, 6.45) is 2.60. The van der Waals surface area contributed by atoms with E-state index >= 15 is 0 Å². The number of carbonyl (C=O) groups is 1. The number of nitrogens with zero attached hydrogens (tertiary/aromatic N) is 2. The molecule has 1 saturated heterocycles. The van der Waals surface area contributed by atoms with Crippen molar-refractivity contribution in [1.82, 2.24) is 9.80 Å². The molecule has 5 heteroatoms. The van der Waals surface area contributed by atoms with E-state index in [1.54, 1.807) is 7.11 Å². The van der Waals surface area contributed by atoms with Gasteiger partial charge in [-0.05, 0) is 12.5 Å². The molecule has 0 atom stereocenters. The standard InChI is InChI=1S/C19H30N2O3/c1-3-4-9-19(22)21(11-10-20-12-14-24-15-13-20)16-17-7-5-6-8-18(17)23-2/h5-8H,3-4,9-16H2,1-2H3. The van der Waals surface area contributed by atoms with Crippen LogP contribution >= 0.6 is 0 Å². The van der Waals surface area contributed by atoms with Crippen LogP contribution in [-0.4, -0.2) is 62.2 Å². The van der Waals surface area contributed by atoms with Gasteiger partial charge in [-0.2, -0.15) is 0 Å². The normalized spacial score (nSPS) is 15.2. The first kappa shape index (κ1) is 18.7. The van der Waals surface area contributed by atoms with E-state index in [4.69, 9.17) is 9.47 Å². The SMILES string of the molecule is CCCCC(=O)N(CCN1CCOCC1)Cc1ccccc1OC. The summed E-state index contributed by atoms with van der Waals surface area (Å²) in [7, 11) is 1.68. The monoisotopic (exact) mass is 334 g/mol. The lowest BCUT2D eigenvalue weighted by molar-refractivity contribution is -0.132. The molecule has 24 heavy (non-hydrogen) atoms.